The van der Waals surface area contributed by atoms with Gasteiger partial charge in [-0.15, -0.1) is 8.42 Å². The number of nitrogens with zero attached hydrogens (tertiary/aromatic N) is 2. The lowest BCUT2D eigenvalue weighted by Crippen LogP contribution is -2.16. The highest BCUT2D eigenvalue weighted by Crippen LogP contribution is 2.26. The maximum atomic E-state index is 12.4. The number of hydrogen-bond donors (Lipinski definition) is 0. The predicted octanol–water partition coefficient (Wildman–Crippen LogP) is 5.57. The van der Waals surface area contributed by atoms with Crippen LogP contribution < -0.4 is 13.1 Å². The maximum Gasteiger partial charge on any atom is 0.500 e. The van der Waals surface area contributed by atoms with Crippen molar-refractivity contribution in [3.05, 3.63) is 89.7 Å². The van der Waals surface area contributed by atoms with Gasteiger partial charge in [-0.2, -0.15) is 0 Å². The normalized spacial score (nSPS) is 11.8. The topological polar surface area (TPSA) is 71.7 Å². The second-order valence-corrected chi connectivity index (χ2v) is 9.79. The molecule has 35 heavy (non-hydrogen) atoms. The van der Waals surface area contributed by atoms with E-state index in [-0.39, 0.29) is 11.5 Å². The van der Waals surface area contributed by atoms with E-state index in [0.29, 0.717) is 6.61 Å². The van der Waals surface area contributed by atoms with Gasteiger partial charge in [0, 0.05) is 47.3 Å². The first kappa shape index (κ1) is 22.9. The van der Waals surface area contributed by atoms with Crippen LogP contribution in [-0.2, 0) is 31.1 Å². The first-order valence-electron chi connectivity index (χ1n) is 11.2. The van der Waals surface area contributed by atoms with Crippen LogP contribution in [-0.4, -0.2) is 17.6 Å². The molecule has 0 atom stereocenters. The predicted molar refractivity (Wildman–Crippen MR) is 136 cm³/mol. The number of ether oxygens (including phenoxy) is 1. The molecule has 8 heteroatoms. The summed E-state index contributed by atoms with van der Waals surface area (Å²) in [6.07, 6.45) is 0. The van der Waals surface area contributed by atoms with Gasteiger partial charge in [0.2, 0.25) is 0 Å². The Kier molecular flexibility index (Phi) is 5.68. The van der Waals surface area contributed by atoms with Gasteiger partial charge in [-0.3, -0.25) is 0 Å². The average molecular weight is 491 g/mol. The molecule has 2 heterocycles. The molecule has 7 nitrogen and oxygen atoms in total. The van der Waals surface area contributed by atoms with Crippen molar-refractivity contribution in [1.82, 2.24) is 9.13 Å². The highest BCUT2D eigenvalue weighted by molar-refractivity contribution is 7.82. The molecule has 0 aliphatic carbocycles. The second kappa shape index (κ2) is 8.70. The van der Waals surface area contributed by atoms with E-state index in [4.69, 9.17) is 13.1 Å². The number of benzene rings is 3. The quantitative estimate of drug-likeness (QED) is 0.298. The van der Waals surface area contributed by atoms with Crippen LogP contribution in [0.25, 0.3) is 21.8 Å². The zero-order chi connectivity index (χ0) is 24.7. The van der Waals surface area contributed by atoms with Crippen molar-refractivity contribution in [2.24, 2.45) is 14.1 Å². The summed E-state index contributed by atoms with van der Waals surface area (Å²) in [6.45, 7) is 4.40. The van der Waals surface area contributed by atoms with E-state index in [0.717, 1.165) is 38.8 Å². The van der Waals surface area contributed by atoms with E-state index in [1.807, 2.05) is 55.9 Å². The lowest BCUT2D eigenvalue weighted by atomic mass is 10.2. The fraction of sp³-hybridized carbons (Fsp3) is 0.185. The minimum Gasteiger partial charge on any atom is -0.489 e. The summed E-state index contributed by atoms with van der Waals surface area (Å²) in [6, 6.07) is 21.9. The minimum absolute atomic E-state index is 0.159. The van der Waals surface area contributed by atoms with Crippen molar-refractivity contribution in [3.63, 3.8) is 0 Å². The molecule has 0 bridgehead atoms. The van der Waals surface area contributed by atoms with Gasteiger partial charge in [-0.25, -0.2) is 0 Å². The van der Waals surface area contributed by atoms with Crippen molar-refractivity contribution in [3.8, 4) is 17.2 Å². The van der Waals surface area contributed by atoms with E-state index < -0.39 is 10.4 Å². The number of aryl methyl sites for hydroxylation is 4. The van der Waals surface area contributed by atoms with E-state index in [9.17, 15) is 8.42 Å². The second-order valence-electron chi connectivity index (χ2n) is 8.64. The molecule has 0 radical (unpaired) electrons. The molecular formula is C27H26N2O5S. The smallest absolute Gasteiger partial charge is 0.489 e. The average Bonchev–Trinajstić information content (AvgIpc) is 3.26. The van der Waals surface area contributed by atoms with Gasteiger partial charge >= 0.3 is 10.4 Å². The Morgan fingerprint density at radius 1 is 0.657 bits per heavy atom. The van der Waals surface area contributed by atoms with Crippen LogP contribution >= 0.6 is 0 Å². The van der Waals surface area contributed by atoms with E-state index in [1.165, 1.54) is 5.69 Å². The summed E-state index contributed by atoms with van der Waals surface area (Å²) in [5.74, 6) is 1.12. The number of rotatable bonds is 7. The largest absolute Gasteiger partial charge is 0.500 e. The monoisotopic (exact) mass is 490 g/mol. The number of fused-ring (bicyclic) bond motifs is 2. The first-order valence-corrected chi connectivity index (χ1v) is 12.5. The Bertz CT molecular complexity index is 1650. The molecule has 0 amide bonds. The zero-order valence-electron chi connectivity index (χ0n) is 20.0. The van der Waals surface area contributed by atoms with Crippen LogP contribution in [0.4, 0.5) is 0 Å². The van der Waals surface area contributed by atoms with E-state index in [1.54, 1.807) is 36.4 Å². The Balaban J connectivity index is 1.22. The van der Waals surface area contributed by atoms with Crippen LogP contribution in [0.3, 0.4) is 0 Å². The SMILES string of the molecule is Cc1cc2cc(OCc3ccc(OS(=O)(=O)Oc4ccc5c(c4)cc(C)n5C)cc3)ccc2n1C. The van der Waals surface area contributed by atoms with Crippen LogP contribution in [0.15, 0.2) is 72.8 Å². The van der Waals surface area contributed by atoms with E-state index >= 15 is 0 Å². The van der Waals surface area contributed by atoms with Gasteiger partial charge in [0.25, 0.3) is 0 Å². The lowest BCUT2D eigenvalue weighted by molar-refractivity contribution is 0.306. The third kappa shape index (κ3) is 4.70. The Morgan fingerprint density at radius 3 is 1.74 bits per heavy atom. The van der Waals surface area contributed by atoms with Crippen LogP contribution in [0.5, 0.6) is 17.2 Å². The summed E-state index contributed by atoms with van der Waals surface area (Å²) < 4.78 is 45.2. The van der Waals surface area contributed by atoms with Crippen LogP contribution in [0, 0.1) is 13.8 Å². The highest BCUT2D eigenvalue weighted by atomic mass is 32.3. The van der Waals surface area contributed by atoms with Gasteiger partial charge in [0.15, 0.2) is 0 Å². The van der Waals surface area contributed by atoms with E-state index in [2.05, 4.69) is 17.6 Å². The van der Waals surface area contributed by atoms with Crippen molar-refractivity contribution in [1.29, 1.82) is 0 Å². The molecule has 0 N–H and O–H groups in total. The highest BCUT2D eigenvalue weighted by Gasteiger charge is 2.17. The molecule has 0 unspecified atom stereocenters. The van der Waals surface area contributed by atoms with Gasteiger partial charge < -0.3 is 22.2 Å². The van der Waals surface area contributed by atoms with Gasteiger partial charge in [0.1, 0.15) is 23.9 Å². The summed E-state index contributed by atoms with van der Waals surface area (Å²) in [5.41, 5.74) is 5.27. The minimum atomic E-state index is -4.29. The molecule has 0 aliphatic heterocycles. The van der Waals surface area contributed by atoms with Crippen molar-refractivity contribution in [2.75, 3.05) is 0 Å². The Morgan fingerprint density at radius 2 is 1.14 bits per heavy atom. The van der Waals surface area contributed by atoms with Gasteiger partial charge in [-0.05, 0) is 80.1 Å². The summed E-state index contributed by atoms with van der Waals surface area (Å²) in [4.78, 5) is 0. The molecule has 0 fully saturated rings. The molecule has 2 aromatic heterocycles. The van der Waals surface area contributed by atoms with Crippen LogP contribution in [0.1, 0.15) is 17.0 Å². The molecule has 0 aliphatic rings. The standard InChI is InChI=1S/C27H26N2O5S/c1-18-13-21-15-24(9-11-26(21)28(18)3)32-17-20-5-7-23(8-6-20)33-35(30,31)34-25-10-12-27-22(16-25)14-19(2)29(27)4/h5-16H,17H2,1-4H3. The molecular weight excluding hydrogens is 464 g/mol. The summed E-state index contributed by atoms with van der Waals surface area (Å²) in [5, 5.41) is 2.02. The maximum absolute atomic E-state index is 12.4. The fourth-order valence-electron chi connectivity index (χ4n) is 4.13. The van der Waals surface area contributed by atoms with Gasteiger partial charge in [0.05, 0.1) is 0 Å². The summed E-state index contributed by atoms with van der Waals surface area (Å²) in [7, 11) is -0.299. The number of aromatic nitrogens is 2. The molecule has 0 spiro atoms. The lowest BCUT2D eigenvalue weighted by Gasteiger charge is -2.10. The molecule has 3 aromatic carbocycles. The van der Waals surface area contributed by atoms with Gasteiger partial charge in [-0.1, -0.05) is 12.1 Å². The molecule has 0 saturated heterocycles. The van der Waals surface area contributed by atoms with Crippen molar-refractivity contribution in [2.45, 2.75) is 20.5 Å². The van der Waals surface area contributed by atoms with Crippen LogP contribution in [0.2, 0.25) is 0 Å². The Labute approximate surface area is 204 Å². The van der Waals surface area contributed by atoms with Crippen molar-refractivity contribution < 1.29 is 21.5 Å². The fourth-order valence-corrected chi connectivity index (χ4v) is 4.85. The molecule has 5 aromatic rings. The third-order valence-electron chi connectivity index (χ3n) is 6.23. The molecule has 0 saturated carbocycles. The molecule has 180 valence electrons. The third-order valence-corrected chi connectivity index (χ3v) is 7.03. The van der Waals surface area contributed by atoms with Crippen molar-refractivity contribution >= 4 is 32.2 Å². The number of hydrogen-bond acceptors (Lipinski definition) is 5. The zero-order valence-corrected chi connectivity index (χ0v) is 20.8. The Hall–Kier alpha value is -3.91. The molecule has 5 rings (SSSR count). The first-order chi connectivity index (χ1) is 16.7. The summed E-state index contributed by atoms with van der Waals surface area (Å²) >= 11 is 0.